The van der Waals surface area contributed by atoms with Gasteiger partial charge in [0.2, 0.25) is 11.8 Å². The third-order valence-corrected chi connectivity index (χ3v) is 7.64. The zero-order valence-electron chi connectivity index (χ0n) is 20.8. The van der Waals surface area contributed by atoms with Crippen molar-refractivity contribution in [1.82, 2.24) is 25.4 Å². The lowest BCUT2D eigenvalue weighted by Crippen LogP contribution is -2.62. The second-order valence-electron chi connectivity index (χ2n) is 10.7. The highest BCUT2D eigenvalue weighted by molar-refractivity contribution is 6.00. The van der Waals surface area contributed by atoms with Crippen molar-refractivity contribution in [1.29, 1.82) is 0 Å². The zero-order valence-corrected chi connectivity index (χ0v) is 20.8. The van der Waals surface area contributed by atoms with Crippen LogP contribution in [0.15, 0.2) is 65.6 Å². The molecule has 0 saturated heterocycles. The summed E-state index contributed by atoms with van der Waals surface area (Å²) in [6.07, 6.45) is 3.53. The first-order chi connectivity index (χ1) is 18.1. The number of benzene rings is 2. The fourth-order valence-corrected chi connectivity index (χ4v) is 4.93. The topological polar surface area (TPSA) is 102 Å². The van der Waals surface area contributed by atoms with Gasteiger partial charge in [0.1, 0.15) is 23.8 Å². The van der Waals surface area contributed by atoms with Gasteiger partial charge in [0, 0.05) is 23.8 Å². The molecule has 2 amide bonds. The quantitative estimate of drug-likeness (QED) is 0.372. The molecule has 2 aliphatic rings. The van der Waals surface area contributed by atoms with E-state index in [1.165, 1.54) is 6.33 Å². The summed E-state index contributed by atoms with van der Waals surface area (Å²) in [6.45, 7) is 1.91. The standard InChI is InChI=1S/C28H27F2N5O3/c1-26(7-8-26)34-25(37)27(9-11-28(29,30)12-10-27)33-24(36)23-15-20-6-5-19(14-22(20)38-23)18-3-2-4-21(13-18)35-17-31-16-32-35/h2-6,13-17H,7-12H2,1H3,(H,33,36)(H,34,37). The summed E-state index contributed by atoms with van der Waals surface area (Å²) in [4.78, 5) is 30.5. The van der Waals surface area contributed by atoms with Crippen molar-refractivity contribution in [3.63, 3.8) is 0 Å². The molecule has 6 rings (SSSR count). The van der Waals surface area contributed by atoms with Gasteiger partial charge in [-0.15, -0.1) is 0 Å². The molecule has 2 heterocycles. The number of nitrogens with one attached hydrogen (secondary N) is 2. The van der Waals surface area contributed by atoms with Crippen LogP contribution in [0, 0.1) is 0 Å². The van der Waals surface area contributed by atoms with Crippen LogP contribution in [0.2, 0.25) is 0 Å². The lowest BCUT2D eigenvalue weighted by Gasteiger charge is -2.39. The molecule has 2 N–H and O–H groups in total. The average Bonchev–Trinajstić information content (AvgIpc) is 3.29. The van der Waals surface area contributed by atoms with Crippen molar-refractivity contribution >= 4 is 22.8 Å². The van der Waals surface area contributed by atoms with Gasteiger partial charge in [0.15, 0.2) is 5.76 Å². The SMILES string of the molecule is CC1(NC(=O)C2(NC(=O)c3cc4ccc(-c5cccc(-n6cncn6)c5)cc4o3)CCC(F)(F)CC2)CC1. The number of rotatable bonds is 6. The molecule has 0 radical (unpaired) electrons. The van der Waals surface area contributed by atoms with Crippen molar-refractivity contribution in [2.24, 2.45) is 0 Å². The summed E-state index contributed by atoms with van der Waals surface area (Å²) in [5.74, 6) is -3.83. The molecule has 0 aliphatic heterocycles. The van der Waals surface area contributed by atoms with Crippen LogP contribution < -0.4 is 10.6 Å². The first kappa shape index (κ1) is 24.3. The molecule has 2 fully saturated rings. The fourth-order valence-electron chi connectivity index (χ4n) is 4.93. The van der Waals surface area contributed by atoms with E-state index in [4.69, 9.17) is 4.42 Å². The Morgan fingerprint density at radius 2 is 1.71 bits per heavy atom. The van der Waals surface area contributed by atoms with Gasteiger partial charge < -0.3 is 15.1 Å². The molecule has 0 bridgehead atoms. The molecule has 2 aliphatic carbocycles. The largest absolute Gasteiger partial charge is 0.451 e. The molecule has 2 aromatic heterocycles. The summed E-state index contributed by atoms with van der Waals surface area (Å²) in [6, 6.07) is 15.0. The van der Waals surface area contributed by atoms with E-state index in [1.54, 1.807) is 17.1 Å². The summed E-state index contributed by atoms with van der Waals surface area (Å²) in [5, 5.41) is 10.6. The van der Waals surface area contributed by atoms with Crippen LogP contribution in [0.3, 0.4) is 0 Å². The first-order valence-electron chi connectivity index (χ1n) is 12.7. The van der Waals surface area contributed by atoms with Crippen molar-refractivity contribution in [3.05, 3.63) is 66.9 Å². The molecule has 0 spiro atoms. The zero-order chi connectivity index (χ0) is 26.5. The summed E-state index contributed by atoms with van der Waals surface area (Å²) >= 11 is 0. The molecule has 0 unspecified atom stereocenters. The normalized spacial score (nSPS) is 19.1. The number of amides is 2. The average molecular weight is 520 g/mol. The molecular weight excluding hydrogens is 492 g/mol. The maximum Gasteiger partial charge on any atom is 0.287 e. The molecular formula is C28H27F2N5O3. The monoisotopic (exact) mass is 519 g/mol. The van der Waals surface area contributed by atoms with Crippen molar-refractivity contribution < 1.29 is 22.8 Å². The Balaban J connectivity index is 1.25. The number of aromatic nitrogens is 3. The van der Waals surface area contributed by atoms with Gasteiger partial charge in [-0.25, -0.2) is 18.4 Å². The molecule has 4 aromatic rings. The van der Waals surface area contributed by atoms with E-state index in [2.05, 4.69) is 20.7 Å². The van der Waals surface area contributed by atoms with E-state index in [1.807, 2.05) is 49.4 Å². The maximum absolute atomic E-state index is 14.0. The van der Waals surface area contributed by atoms with Gasteiger partial charge in [-0.1, -0.05) is 24.3 Å². The van der Waals surface area contributed by atoms with Crippen LogP contribution in [0.4, 0.5) is 8.78 Å². The van der Waals surface area contributed by atoms with Gasteiger partial charge in [0.05, 0.1) is 5.69 Å². The third-order valence-electron chi connectivity index (χ3n) is 7.64. The van der Waals surface area contributed by atoms with Gasteiger partial charge in [0.25, 0.3) is 5.91 Å². The number of fused-ring (bicyclic) bond motifs is 1. The van der Waals surface area contributed by atoms with Crippen molar-refractivity contribution in [2.45, 2.75) is 62.4 Å². The van der Waals surface area contributed by atoms with Gasteiger partial charge in [-0.2, -0.15) is 5.10 Å². The van der Waals surface area contributed by atoms with Gasteiger partial charge >= 0.3 is 0 Å². The first-order valence-corrected chi connectivity index (χ1v) is 12.7. The molecule has 0 atom stereocenters. The number of carbonyl (C=O) groups is 2. The molecule has 38 heavy (non-hydrogen) atoms. The minimum Gasteiger partial charge on any atom is -0.451 e. The molecule has 2 aromatic carbocycles. The van der Waals surface area contributed by atoms with Crippen molar-refractivity contribution in [3.8, 4) is 16.8 Å². The minimum atomic E-state index is -2.85. The van der Waals surface area contributed by atoms with Crippen LogP contribution >= 0.6 is 0 Å². The van der Waals surface area contributed by atoms with Crippen LogP contribution in [-0.4, -0.2) is 43.6 Å². The Labute approximate surface area is 217 Å². The predicted molar refractivity (Wildman–Crippen MR) is 136 cm³/mol. The predicted octanol–water partition coefficient (Wildman–Crippen LogP) is 5.03. The van der Waals surface area contributed by atoms with Crippen LogP contribution in [0.1, 0.15) is 56.0 Å². The van der Waals surface area contributed by atoms with Gasteiger partial charge in [-0.05, 0) is 68.0 Å². The Kier molecular flexibility index (Phi) is 5.59. The fraction of sp³-hybridized carbons (Fsp3) is 0.357. The van der Waals surface area contributed by atoms with Crippen LogP contribution in [0.5, 0.6) is 0 Å². The minimum absolute atomic E-state index is 0.0238. The third kappa shape index (κ3) is 4.66. The smallest absolute Gasteiger partial charge is 0.287 e. The van der Waals surface area contributed by atoms with Crippen molar-refractivity contribution in [2.75, 3.05) is 0 Å². The van der Waals surface area contributed by atoms with E-state index >= 15 is 0 Å². The number of furan rings is 1. The van der Waals surface area contributed by atoms with Gasteiger partial charge in [-0.3, -0.25) is 9.59 Å². The highest BCUT2D eigenvalue weighted by atomic mass is 19.3. The second kappa shape index (κ2) is 8.75. The van der Waals surface area contributed by atoms with E-state index in [9.17, 15) is 18.4 Å². The van der Waals surface area contributed by atoms with E-state index in [0.717, 1.165) is 29.7 Å². The number of carbonyl (C=O) groups excluding carboxylic acids is 2. The number of hydrogen-bond donors (Lipinski definition) is 2. The number of alkyl halides is 2. The van der Waals surface area contributed by atoms with E-state index in [0.29, 0.717) is 11.0 Å². The molecule has 2 saturated carbocycles. The summed E-state index contributed by atoms with van der Waals surface area (Å²) < 4.78 is 35.5. The Bertz CT molecular complexity index is 1510. The Morgan fingerprint density at radius 1 is 0.947 bits per heavy atom. The summed E-state index contributed by atoms with van der Waals surface area (Å²) in [5.41, 5.74) is 1.41. The number of halogens is 2. The Hall–Kier alpha value is -4.08. The number of nitrogens with zero attached hydrogens (tertiary/aromatic N) is 3. The Morgan fingerprint density at radius 3 is 2.42 bits per heavy atom. The maximum atomic E-state index is 14.0. The lowest BCUT2D eigenvalue weighted by atomic mass is 9.78. The van der Waals surface area contributed by atoms with Crippen LogP contribution in [0.25, 0.3) is 27.8 Å². The molecule has 10 heteroatoms. The summed E-state index contributed by atoms with van der Waals surface area (Å²) in [7, 11) is 0. The van der Waals surface area contributed by atoms with E-state index in [-0.39, 0.29) is 24.1 Å². The number of hydrogen-bond acceptors (Lipinski definition) is 5. The lowest BCUT2D eigenvalue weighted by molar-refractivity contribution is -0.133. The second-order valence-corrected chi connectivity index (χ2v) is 10.7. The highest BCUT2D eigenvalue weighted by Gasteiger charge is 2.51. The van der Waals surface area contributed by atoms with E-state index < -0.39 is 36.1 Å². The highest BCUT2D eigenvalue weighted by Crippen LogP contribution is 2.41. The molecule has 8 nitrogen and oxygen atoms in total. The molecule has 196 valence electrons. The van der Waals surface area contributed by atoms with Crippen LogP contribution in [-0.2, 0) is 4.79 Å².